The van der Waals surface area contributed by atoms with Crippen molar-refractivity contribution in [3.8, 4) is 0 Å². The monoisotopic (exact) mass is 288 g/mol. The van der Waals surface area contributed by atoms with Gasteiger partial charge in [0.1, 0.15) is 0 Å². The minimum atomic E-state index is 0. The van der Waals surface area contributed by atoms with E-state index in [0.29, 0.717) is 6.10 Å². The largest absolute Gasteiger partial charge is 2.00 e. The summed E-state index contributed by atoms with van der Waals surface area (Å²) in [7, 11) is 0. The Morgan fingerprint density at radius 2 is 1.06 bits per heavy atom. The molecule has 0 aromatic heterocycles. The Kier molecular flexibility index (Phi) is 78.8. The standard InChI is InChI=1S/C3H5O.3C2H6O.C2H5O.Ti/c1-3-2-4-3;4*1-2-3;/h3H,1-2H2;3*3H,2H2,1H3;3H,1-2H2;/q-1;;;;-1;+2. The molecule has 6 heteroatoms. The maximum absolute atomic E-state index is 7.57. The van der Waals surface area contributed by atoms with E-state index in [1.165, 1.54) is 0 Å². The van der Waals surface area contributed by atoms with Gasteiger partial charge in [-0.25, -0.2) is 0 Å². The minimum absolute atomic E-state index is 0. The molecule has 1 fully saturated rings. The summed E-state index contributed by atoms with van der Waals surface area (Å²) in [6.45, 7) is 13.2. The van der Waals surface area contributed by atoms with Crippen molar-refractivity contribution in [2.75, 3.05) is 33.0 Å². The first-order valence-electron chi connectivity index (χ1n) is 5.23. The van der Waals surface area contributed by atoms with Crippen LogP contribution in [0, 0.1) is 13.8 Å². The van der Waals surface area contributed by atoms with Gasteiger partial charge in [0, 0.05) is 26.4 Å². The van der Waals surface area contributed by atoms with Crippen molar-refractivity contribution in [1.29, 1.82) is 0 Å². The van der Waals surface area contributed by atoms with E-state index in [2.05, 4.69) is 18.6 Å². The van der Waals surface area contributed by atoms with Crippen molar-refractivity contribution in [1.82, 2.24) is 0 Å². The van der Waals surface area contributed by atoms with E-state index in [1.54, 1.807) is 20.8 Å². The van der Waals surface area contributed by atoms with Gasteiger partial charge in [-0.15, -0.1) is 0 Å². The van der Waals surface area contributed by atoms with Crippen LogP contribution in [-0.2, 0) is 26.5 Å². The van der Waals surface area contributed by atoms with Crippen LogP contribution in [0.25, 0.3) is 0 Å². The zero-order valence-electron chi connectivity index (χ0n) is 11.2. The molecule has 1 aliphatic heterocycles. The molecular weight excluding hydrogens is 260 g/mol. The number of hydrogen-bond donors (Lipinski definition) is 4. The molecule has 4 N–H and O–H groups in total. The van der Waals surface area contributed by atoms with Crippen molar-refractivity contribution in [2.45, 2.75) is 26.9 Å². The van der Waals surface area contributed by atoms with Crippen LogP contribution < -0.4 is 0 Å². The summed E-state index contributed by atoms with van der Waals surface area (Å²) in [5.74, 6) is 0. The van der Waals surface area contributed by atoms with Gasteiger partial charge in [-0.05, 0) is 26.9 Å². The van der Waals surface area contributed by atoms with Crippen LogP contribution in [0.4, 0.5) is 0 Å². The van der Waals surface area contributed by atoms with Gasteiger partial charge in [0.15, 0.2) is 0 Å². The second kappa shape index (κ2) is 43.9. The molecular formula is C11H28O5Ti. The van der Waals surface area contributed by atoms with E-state index >= 15 is 0 Å². The molecule has 0 saturated carbocycles. The van der Waals surface area contributed by atoms with Crippen LogP contribution in [0.15, 0.2) is 0 Å². The number of ether oxygens (including phenoxy) is 1. The average molecular weight is 288 g/mol. The van der Waals surface area contributed by atoms with Gasteiger partial charge in [-0.1, -0.05) is 6.61 Å². The maximum atomic E-state index is 7.57. The molecule has 1 aliphatic rings. The fourth-order valence-electron chi connectivity index (χ4n) is 0.0680. The quantitative estimate of drug-likeness (QED) is 0.286. The van der Waals surface area contributed by atoms with Crippen LogP contribution in [0.1, 0.15) is 20.8 Å². The van der Waals surface area contributed by atoms with E-state index in [9.17, 15) is 0 Å². The molecule has 0 aliphatic carbocycles. The third-order valence-electron chi connectivity index (χ3n) is 0.402. The molecule has 0 amide bonds. The summed E-state index contributed by atoms with van der Waals surface area (Å²) in [5.41, 5.74) is 0. The van der Waals surface area contributed by atoms with Gasteiger partial charge in [0.2, 0.25) is 0 Å². The molecule has 0 aromatic carbocycles. The maximum Gasteiger partial charge on any atom is 2.00 e. The summed E-state index contributed by atoms with van der Waals surface area (Å²) in [4.78, 5) is 0. The first-order chi connectivity index (χ1) is 7.55. The minimum Gasteiger partial charge on any atom is -0.428 e. The fourth-order valence-corrected chi connectivity index (χ4v) is 0.0680. The topological polar surface area (TPSA) is 93.5 Å². The zero-order chi connectivity index (χ0) is 13.8. The smallest absolute Gasteiger partial charge is 0.428 e. The van der Waals surface area contributed by atoms with Crippen molar-refractivity contribution in [2.24, 2.45) is 0 Å². The van der Waals surface area contributed by atoms with Gasteiger partial charge in [0.25, 0.3) is 0 Å². The van der Waals surface area contributed by atoms with E-state index in [-0.39, 0.29) is 48.1 Å². The van der Waals surface area contributed by atoms with Crippen molar-refractivity contribution < 1.29 is 46.9 Å². The third-order valence-corrected chi connectivity index (χ3v) is 0.402. The SMILES string of the molecule is CCO.CCO.CCO.[CH2-]C1CO1.[CH2-]CO.[Ti+2]. The number of rotatable bonds is 0. The van der Waals surface area contributed by atoms with Gasteiger partial charge >= 0.3 is 21.7 Å². The molecule has 5 nitrogen and oxygen atoms in total. The molecule has 0 radical (unpaired) electrons. The fraction of sp³-hybridized carbons (Fsp3) is 0.818. The predicted octanol–water partition coefficient (Wildman–Crippen LogP) is 0.0254. The van der Waals surface area contributed by atoms with E-state index in [4.69, 9.17) is 20.4 Å². The number of aliphatic hydroxyl groups excluding tert-OH is 4. The van der Waals surface area contributed by atoms with Crippen molar-refractivity contribution in [3.05, 3.63) is 13.8 Å². The molecule has 1 atom stereocenters. The van der Waals surface area contributed by atoms with Gasteiger partial charge in [-0.3, -0.25) is 0 Å². The normalized spacial score (nSPS) is 13.6. The Bertz CT molecular complexity index is 64.9. The number of aliphatic hydroxyl groups is 4. The average Bonchev–Trinajstić information content (AvgIpc) is 2.93. The van der Waals surface area contributed by atoms with Crippen LogP contribution in [-0.4, -0.2) is 59.6 Å². The Morgan fingerprint density at radius 3 is 1.06 bits per heavy atom. The van der Waals surface area contributed by atoms with E-state index in [0.717, 1.165) is 6.61 Å². The molecule has 0 spiro atoms. The summed E-state index contributed by atoms with van der Waals surface area (Å²) in [6.07, 6.45) is 0.333. The van der Waals surface area contributed by atoms with Crippen molar-refractivity contribution >= 4 is 0 Å². The second-order valence-electron chi connectivity index (χ2n) is 2.13. The summed E-state index contributed by atoms with van der Waals surface area (Å²) in [5, 5.41) is 30.2. The number of epoxide rings is 1. The third kappa shape index (κ3) is 282. The van der Waals surface area contributed by atoms with Gasteiger partial charge in [0.05, 0.1) is 0 Å². The first-order valence-corrected chi connectivity index (χ1v) is 5.23. The zero-order valence-corrected chi connectivity index (χ0v) is 12.8. The molecule has 17 heavy (non-hydrogen) atoms. The van der Waals surface area contributed by atoms with Crippen LogP contribution >= 0.6 is 0 Å². The van der Waals surface area contributed by atoms with Crippen LogP contribution in [0.2, 0.25) is 0 Å². The number of hydrogen-bond acceptors (Lipinski definition) is 5. The Labute approximate surface area is 121 Å². The molecule has 106 valence electrons. The van der Waals surface area contributed by atoms with Gasteiger partial charge < -0.3 is 39.0 Å². The van der Waals surface area contributed by atoms with E-state index in [1.807, 2.05) is 0 Å². The molecule has 0 bridgehead atoms. The summed E-state index contributed by atoms with van der Waals surface area (Å²) < 4.78 is 4.60. The summed E-state index contributed by atoms with van der Waals surface area (Å²) in [6, 6.07) is 0. The Morgan fingerprint density at radius 1 is 1.00 bits per heavy atom. The second-order valence-corrected chi connectivity index (χ2v) is 2.13. The van der Waals surface area contributed by atoms with Crippen LogP contribution in [0.5, 0.6) is 0 Å². The van der Waals surface area contributed by atoms with E-state index < -0.39 is 0 Å². The first kappa shape index (κ1) is 30.5. The predicted molar refractivity (Wildman–Crippen MR) is 65.8 cm³/mol. The Balaban J connectivity index is -0.0000000352. The molecule has 0 aromatic rings. The van der Waals surface area contributed by atoms with Crippen LogP contribution in [0.3, 0.4) is 0 Å². The molecule has 1 heterocycles. The molecule has 1 saturated heterocycles. The van der Waals surface area contributed by atoms with Crippen molar-refractivity contribution in [3.63, 3.8) is 0 Å². The molecule has 1 unspecified atom stereocenters. The van der Waals surface area contributed by atoms with Gasteiger partial charge in [-0.2, -0.15) is 0 Å². The Hall–Kier alpha value is 0.514. The molecule has 1 rings (SSSR count). The summed E-state index contributed by atoms with van der Waals surface area (Å²) >= 11 is 0.